The molecule has 0 aromatic heterocycles. The molecule has 0 amide bonds. The Morgan fingerprint density at radius 2 is 2.14 bits per heavy atom. The van der Waals surface area contributed by atoms with E-state index in [1.54, 1.807) is 7.11 Å². The molecule has 21 heavy (non-hydrogen) atoms. The van der Waals surface area contributed by atoms with Gasteiger partial charge < -0.3 is 15.0 Å². The molecule has 0 radical (unpaired) electrons. The molecule has 1 saturated carbocycles. The van der Waals surface area contributed by atoms with Gasteiger partial charge in [0.1, 0.15) is 5.75 Å². The molecule has 2 unspecified atom stereocenters. The van der Waals surface area contributed by atoms with Crippen LogP contribution in [0.1, 0.15) is 38.7 Å². The third-order valence-electron chi connectivity index (χ3n) is 5.34. The van der Waals surface area contributed by atoms with E-state index in [1.807, 2.05) is 0 Å². The summed E-state index contributed by atoms with van der Waals surface area (Å²) in [7, 11) is 1.74. The van der Waals surface area contributed by atoms with E-state index in [0.29, 0.717) is 6.04 Å². The fraction of sp³-hybridized carbons (Fsp3) is 0.667. The molecule has 3 heteroatoms. The second kappa shape index (κ2) is 5.53. The van der Waals surface area contributed by atoms with Crippen LogP contribution >= 0.6 is 0 Å². The molecule has 1 aliphatic carbocycles. The maximum atomic E-state index is 5.40. The number of benzene rings is 1. The minimum absolute atomic E-state index is 0.277. The van der Waals surface area contributed by atoms with Crippen LogP contribution in [0.25, 0.3) is 0 Å². The van der Waals surface area contributed by atoms with Crippen molar-refractivity contribution in [2.45, 2.75) is 51.6 Å². The van der Waals surface area contributed by atoms with E-state index in [9.17, 15) is 0 Å². The molecule has 2 aliphatic rings. The fourth-order valence-electron chi connectivity index (χ4n) is 3.70. The van der Waals surface area contributed by atoms with E-state index in [1.165, 1.54) is 30.5 Å². The number of hydrogen-bond acceptors (Lipinski definition) is 3. The molecule has 0 bridgehead atoms. The highest BCUT2D eigenvalue weighted by molar-refractivity contribution is 5.54. The van der Waals surface area contributed by atoms with Gasteiger partial charge in [0.05, 0.1) is 7.11 Å². The van der Waals surface area contributed by atoms with Gasteiger partial charge in [0.15, 0.2) is 0 Å². The Kier molecular flexibility index (Phi) is 3.87. The minimum Gasteiger partial charge on any atom is -0.496 e. The Hall–Kier alpha value is -1.22. The van der Waals surface area contributed by atoms with E-state index >= 15 is 0 Å². The minimum atomic E-state index is 0.277. The van der Waals surface area contributed by atoms with Gasteiger partial charge in [-0.3, -0.25) is 0 Å². The van der Waals surface area contributed by atoms with Crippen molar-refractivity contribution >= 4 is 5.69 Å². The average molecular weight is 288 g/mol. The van der Waals surface area contributed by atoms with E-state index < -0.39 is 0 Å². The van der Waals surface area contributed by atoms with Crippen LogP contribution in [0.2, 0.25) is 0 Å². The summed E-state index contributed by atoms with van der Waals surface area (Å²) in [6.45, 7) is 9.03. The molecule has 0 spiro atoms. The van der Waals surface area contributed by atoms with Gasteiger partial charge in [-0.15, -0.1) is 0 Å². The van der Waals surface area contributed by atoms with Crippen LogP contribution in [0.3, 0.4) is 0 Å². The van der Waals surface area contributed by atoms with Crippen molar-refractivity contribution in [2.24, 2.45) is 5.92 Å². The molecular formula is C18H28N2O. The standard InChI is InChI=1S/C18H28N2O/c1-5-15-11-19-18(3,14-6-7-14)12-20(15)16-8-9-17(21-4)13(2)10-16/h8-10,14-15,19H,5-7,11-12H2,1-4H3. The van der Waals surface area contributed by atoms with Crippen LogP contribution in [0, 0.1) is 12.8 Å². The average Bonchev–Trinajstić information content (AvgIpc) is 3.32. The highest BCUT2D eigenvalue weighted by atomic mass is 16.5. The van der Waals surface area contributed by atoms with Gasteiger partial charge in [-0.05, 0) is 62.8 Å². The molecule has 2 atom stereocenters. The van der Waals surface area contributed by atoms with E-state index in [0.717, 1.165) is 24.8 Å². The number of methoxy groups -OCH3 is 1. The molecule has 116 valence electrons. The number of aryl methyl sites for hydroxylation is 1. The molecule has 3 nitrogen and oxygen atoms in total. The van der Waals surface area contributed by atoms with Crippen molar-refractivity contribution in [3.8, 4) is 5.75 Å². The lowest BCUT2D eigenvalue weighted by atomic mass is 9.90. The van der Waals surface area contributed by atoms with E-state index in [-0.39, 0.29) is 5.54 Å². The monoisotopic (exact) mass is 288 g/mol. The molecule has 1 saturated heterocycles. The van der Waals surface area contributed by atoms with Gasteiger partial charge in [0.2, 0.25) is 0 Å². The molecular weight excluding hydrogens is 260 g/mol. The molecule has 1 heterocycles. The quantitative estimate of drug-likeness (QED) is 0.919. The summed E-state index contributed by atoms with van der Waals surface area (Å²) in [6.07, 6.45) is 3.95. The largest absolute Gasteiger partial charge is 0.496 e. The van der Waals surface area contributed by atoms with Crippen LogP contribution in [0.4, 0.5) is 5.69 Å². The van der Waals surface area contributed by atoms with Crippen molar-refractivity contribution in [3.63, 3.8) is 0 Å². The van der Waals surface area contributed by atoms with Gasteiger partial charge >= 0.3 is 0 Å². The van der Waals surface area contributed by atoms with Gasteiger partial charge in [-0.2, -0.15) is 0 Å². The summed E-state index contributed by atoms with van der Waals surface area (Å²) >= 11 is 0. The maximum absolute atomic E-state index is 5.40. The van der Waals surface area contributed by atoms with Crippen LogP contribution in [0.5, 0.6) is 5.75 Å². The van der Waals surface area contributed by atoms with Gasteiger partial charge in [-0.25, -0.2) is 0 Å². The van der Waals surface area contributed by atoms with Crippen LogP contribution in [-0.4, -0.2) is 31.8 Å². The highest BCUT2D eigenvalue weighted by Crippen LogP contribution is 2.42. The zero-order chi connectivity index (χ0) is 15.0. The third-order valence-corrected chi connectivity index (χ3v) is 5.34. The number of nitrogens with one attached hydrogen (secondary N) is 1. The smallest absolute Gasteiger partial charge is 0.121 e. The first-order valence-corrected chi connectivity index (χ1v) is 8.23. The Morgan fingerprint density at radius 3 is 2.71 bits per heavy atom. The van der Waals surface area contributed by atoms with Crippen molar-refractivity contribution in [3.05, 3.63) is 23.8 Å². The summed E-state index contributed by atoms with van der Waals surface area (Å²) in [5.41, 5.74) is 2.84. The summed E-state index contributed by atoms with van der Waals surface area (Å²) < 4.78 is 5.40. The number of anilines is 1. The number of ether oxygens (including phenoxy) is 1. The lowest BCUT2D eigenvalue weighted by Gasteiger charge is -2.48. The van der Waals surface area contributed by atoms with Crippen molar-refractivity contribution in [1.29, 1.82) is 0 Å². The number of rotatable bonds is 4. The first-order valence-electron chi connectivity index (χ1n) is 8.23. The second-order valence-corrected chi connectivity index (χ2v) is 6.92. The number of piperazine rings is 1. The van der Waals surface area contributed by atoms with Crippen molar-refractivity contribution in [1.82, 2.24) is 5.32 Å². The number of hydrogen-bond donors (Lipinski definition) is 1. The summed E-state index contributed by atoms with van der Waals surface area (Å²) in [5.74, 6) is 1.84. The molecule has 3 rings (SSSR count). The lowest BCUT2D eigenvalue weighted by molar-refractivity contribution is 0.252. The normalized spacial score (nSPS) is 29.5. The van der Waals surface area contributed by atoms with Crippen LogP contribution < -0.4 is 15.0 Å². The predicted molar refractivity (Wildman–Crippen MR) is 88.3 cm³/mol. The van der Waals surface area contributed by atoms with E-state index in [2.05, 4.69) is 49.2 Å². The zero-order valence-electron chi connectivity index (χ0n) is 13.8. The van der Waals surface area contributed by atoms with Gasteiger partial charge in [0, 0.05) is 30.4 Å². The Balaban J connectivity index is 1.87. The summed E-state index contributed by atoms with van der Waals surface area (Å²) in [4.78, 5) is 2.61. The fourth-order valence-corrected chi connectivity index (χ4v) is 3.70. The maximum Gasteiger partial charge on any atom is 0.121 e. The first kappa shape index (κ1) is 14.7. The SMILES string of the molecule is CCC1CNC(C)(C2CC2)CN1c1ccc(OC)c(C)c1. The summed E-state index contributed by atoms with van der Waals surface area (Å²) in [6, 6.07) is 7.19. The van der Waals surface area contributed by atoms with Crippen molar-refractivity contribution in [2.75, 3.05) is 25.1 Å². The van der Waals surface area contributed by atoms with Gasteiger partial charge in [-0.1, -0.05) is 6.92 Å². The predicted octanol–water partition coefficient (Wildman–Crippen LogP) is 3.36. The van der Waals surface area contributed by atoms with Crippen LogP contribution in [0.15, 0.2) is 18.2 Å². The van der Waals surface area contributed by atoms with Gasteiger partial charge in [0.25, 0.3) is 0 Å². The molecule has 1 aromatic rings. The Bertz CT molecular complexity index is 512. The zero-order valence-corrected chi connectivity index (χ0v) is 13.8. The molecule has 2 fully saturated rings. The Morgan fingerprint density at radius 1 is 1.38 bits per heavy atom. The van der Waals surface area contributed by atoms with E-state index in [4.69, 9.17) is 4.74 Å². The first-order chi connectivity index (χ1) is 10.1. The highest BCUT2D eigenvalue weighted by Gasteiger charge is 2.45. The third kappa shape index (κ3) is 2.76. The number of nitrogens with zero attached hydrogens (tertiary/aromatic N) is 1. The molecule has 1 aromatic carbocycles. The lowest BCUT2D eigenvalue weighted by Crippen LogP contribution is -2.64. The summed E-state index contributed by atoms with van der Waals surface area (Å²) in [5, 5.41) is 3.83. The molecule has 1 aliphatic heterocycles. The van der Waals surface area contributed by atoms with Crippen molar-refractivity contribution < 1.29 is 4.74 Å². The second-order valence-electron chi connectivity index (χ2n) is 6.92. The topological polar surface area (TPSA) is 24.5 Å². The Labute approximate surface area is 128 Å². The van der Waals surface area contributed by atoms with Crippen LogP contribution in [-0.2, 0) is 0 Å². The molecule has 1 N–H and O–H groups in total.